The maximum Gasteiger partial charge on any atom is 0.416 e. The molecule has 0 bridgehead atoms. The molecule has 182 valence electrons. The minimum Gasteiger partial charge on any atom is -0.479 e. The Morgan fingerprint density at radius 1 is 1.23 bits per heavy atom. The minimum atomic E-state index is -4.58. The highest BCUT2D eigenvalue weighted by Crippen LogP contribution is 2.38. The number of carbonyl (C=O) groups excluding carboxylic acids is 2. The van der Waals surface area contributed by atoms with Crippen molar-refractivity contribution in [3.8, 4) is 11.6 Å². The lowest BCUT2D eigenvalue weighted by atomic mass is 9.87. The van der Waals surface area contributed by atoms with Gasteiger partial charge in [0.05, 0.1) is 30.6 Å². The molecule has 1 atom stereocenters. The SMILES string of the molecule is COc1nc(C=CC(=O)NN2CCCC(c3ccccc3C(F)(F)F)C2=O)ccc1-n1ccnc1. The van der Waals surface area contributed by atoms with E-state index in [-0.39, 0.29) is 18.5 Å². The number of hydrogen-bond donors (Lipinski definition) is 1. The predicted octanol–water partition coefficient (Wildman–Crippen LogP) is 3.75. The molecule has 0 aliphatic carbocycles. The third-order valence-electron chi connectivity index (χ3n) is 5.57. The summed E-state index contributed by atoms with van der Waals surface area (Å²) in [6.45, 7) is 0.203. The Morgan fingerprint density at radius 2 is 2.03 bits per heavy atom. The molecule has 3 aromatic rings. The van der Waals surface area contributed by atoms with Crippen LogP contribution < -0.4 is 10.2 Å². The van der Waals surface area contributed by atoms with E-state index in [0.29, 0.717) is 23.7 Å². The number of hydrogen-bond acceptors (Lipinski definition) is 5. The number of methoxy groups -OCH3 is 1. The number of imidazole rings is 1. The number of alkyl halides is 3. The molecular formula is C24H22F3N5O3. The topological polar surface area (TPSA) is 89.4 Å². The van der Waals surface area contributed by atoms with Gasteiger partial charge >= 0.3 is 6.18 Å². The monoisotopic (exact) mass is 485 g/mol. The van der Waals surface area contributed by atoms with E-state index in [1.165, 1.54) is 37.5 Å². The zero-order valence-electron chi connectivity index (χ0n) is 18.7. The molecule has 1 fully saturated rings. The van der Waals surface area contributed by atoms with Crippen molar-refractivity contribution in [3.63, 3.8) is 0 Å². The second-order valence-electron chi connectivity index (χ2n) is 7.81. The van der Waals surface area contributed by atoms with Crippen LogP contribution in [0.25, 0.3) is 11.8 Å². The molecule has 11 heteroatoms. The number of nitrogens with zero attached hydrogens (tertiary/aromatic N) is 4. The highest BCUT2D eigenvalue weighted by molar-refractivity contribution is 5.94. The third-order valence-corrected chi connectivity index (χ3v) is 5.57. The van der Waals surface area contributed by atoms with Gasteiger partial charge in [0.1, 0.15) is 5.69 Å². The van der Waals surface area contributed by atoms with Crippen molar-refractivity contribution in [1.29, 1.82) is 0 Å². The van der Waals surface area contributed by atoms with Crippen LogP contribution in [0.5, 0.6) is 5.88 Å². The molecule has 2 amide bonds. The zero-order chi connectivity index (χ0) is 25.0. The summed E-state index contributed by atoms with van der Waals surface area (Å²) in [5.41, 5.74) is 2.63. The molecule has 2 aromatic heterocycles. The highest BCUT2D eigenvalue weighted by atomic mass is 19.4. The van der Waals surface area contributed by atoms with Gasteiger partial charge in [0, 0.05) is 25.0 Å². The molecule has 0 spiro atoms. The van der Waals surface area contributed by atoms with E-state index in [4.69, 9.17) is 4.74 Å². The normalized spacial score (nSPS) is 16.5. The van der Waals surface area contributed by atoms with Gasteiger partial charge in [0.25, 0.3) is 5.91 Å². The summed E-state index contributed by atoms with van der Waals surface area (Å²) in [6, 6.07) is 8.46. The maximum absolute atomic E-state index is 13.4. The number of pyridine rings is 1. The molecule has 1 unspecified atom stereocenters. The largest absolute Gasteiger partial charge is 0.479 e. The molecular weight excluding hydrogens is 463 g/mol. The van der Waals surface area contributed by atoms with E-state index < -0.39 is 29.5 Å². The van der Waals surface area contributed by atoms with Crippen molar-refractivity contribution < 1.29 is 27.5 Å². The number of hydrazine groups is 1. The fourth-order valence-electron chi connectivity index (χ4n) is 3.95. The molecule has 0 saturated carbocycles. The summed E-state index contributed by atoms with van der Waals surface area (Å²) >= 11 is 0. The van der Waals surface area contributed by atoms with Gasteiger partial charge in [-0.05, 0) is 42.7 Å². The summed E-state index contributed by atoms with van der Waals surface area (Å²) in [6.07, 6.45) is 3.72. The van der Waals surface area contributed by atoms with Crippen LogP contribution in [0.3, 0.4) is 0 Å². The number of piperidine rings is 1. The first-order valence-corrected chi connectivity index (χ1v) is 10.8. The number of benzene rings is 1. The standard InChI is InChI=1S/C24H22F3N5O3/c1-35-22-20(31-14-12-28-15-31)10-8-16(29-22)9-11-21(33)30-32-13-4-6-18(23(32)34)17-5-2-3-7-19(17)24(25,26)27/h2-3,5,7-12,14-15,18H,4,6,13H2,1H3,(H,30,33). The average Bonchev–Trinajstić information content (AvgIpc) is 3.38. The van der Waals surface area contributed by atoms with Gasteiger partial charge < -0.3 is 9.30 Å². The van der Waals surface area contributed by atoms with E-state index in [0.717, 1.165) is 11.1 Å². The van der Waals surface area contributed by atoms with E-state index in [9.17, 15) is 22.8 Å². The van der Waals surface area contributed by atoms with Crippen LogP contribution in [0.15, 0.2) is 61.2 Å². The molecule has 4 rings (SSSR count). The number of carbonyl (C=O) groups is 2. The lowest BCUT2D eigenvalue weighted by Crippen LogP contribution is -2.50. The predicted molar refractivity (Wildman–Crippen MR) is 120 cm³/mol. The van der Waals surface area contributed by atoms with Crippen molar-refractivity contribution in [2.75, 3.05) is 13.7 Å². The molecule has 0 radical (unpaired) electrons. The Kier molecular flexibility index (Phi) is 6.85. The third kappa shape index (κ3) is 5.34. The van der Waals surface area contributed by atoms with Crippen LogP contribution >= 0.6 is 0 Å². The Labute approximate surface area is 199 Å². The van der Waals surface area contributed by atoms with Gasteiger partial charge in [-0.25, -0.2) is 9.97 Å². The molecule has 8 nitrogen and oxygen atoms in total. The van der Waals surface area contributed by atoms with Gasteiger partial charge in [-0.15, -0.1) is 0 Å². The molecule has 1 aliphatic heterocycles. The van der Waals surface area contributed by atoms with Crippen molar-refractivity contribution in [2.45, 2.75) is 24.9 Å². The van der Waals surface area contributed by atoms with E-state index in [1.807, 2.05) is 0 Å². The van der Waals surface area contributed by atoms with Crippen LogP contribution in [-0.4, -0.2) is 45.0 Å². The quantitative estimate of drug-likeness (QED) is 0.538. The van der Waals surface area contributed by atoms with E-state index >= 15 is 0 Å². The second kappa shape index (κ2) is 10.00. The van der Waals surface area contributed by atoms with Crippen molar-refractivity contribution in [3.05, 3.63) is 78.0 Å². The van der Waals surface area contributed by atoms with Crippen LogP contribution in [0.1, 0.15) is 35.6 Å². The summed E-state index contributed by atoms with van der Waals surface area (Å²) in [5, 5.41) is 1.07. The van der Waals surface area contributed by atoms with Crippen LogP contribution in [0, 0.1) is 0 Å². The Hall–Kier alpha value is -4.15. The summed E-state index contributed by atoms with van der Waals surface area (Å²) in [7, 11) is 1.47. The molecule has 35 heavy (non-hydrogen) atoms. The lowest BCUT2D eigenvalue weighted by molar-refractivity contribution is -0.145. The van der Waals surface area contributed by atoms with Crippen molar-refractivity contribution in [1.82, 2.24) is 25.0 Å². The Morgan fingerprint density at radius 3 is 2.74 bits per heavy atom. The number of rotatable bonds is 6. The molecule has 1 N–H and O–H groups in total. The maximum atomic E-state index is 13.4. The Balaban J connectivity index is 1.45. The summed E-state index contributed by atoms with van der Waals surface area (Å²) in [4.78, 5) is 33.7. The molecule has 3 heterocycles. The lowest BCUT2D eigenvalue weighted by Gasteiger charge is -2.33. The number of halogens is 3. The molecule has 1 saturated heterocycles. The van der Waals surface area contributed by atoms with Gasteiger partial charge in [0.15, 0.2) is 0 Å². The molecule has 1 aromatic carbocycles. The number of aromatic nitrogens is 3. The van der Waals surface area contributed by atoms with Gasteiger partial charge in [-0.1, -0.05) is 18.2 Å². The Bertz CT molecular complexity index is 1240. The number of amides is 2. The van der Waals surface area contributed by atoms with Crippen LogP contribution in [0.4, 0.5) is 13.2 Å². The average molecular weight is 485 g/mol. The van der Waals surface area contributed by atoms with Gasteiger partial charge in [-0.3, -0.25) is 20.0 Å². The van der Waals surface area contributed by atoms with E-state index in [1.54, 1.807) is 35.4 Å². The van der Waals surface area contributed by atoms with E-state index in [2.05, 4.69) is 15.4 Å². The number of nitrogens with one attached hydrogen (secondary N) is 1. The minimum absolute atomic E-state index is 0.0891. The van der Waals surface area contributed by atoms with Crippen LogP contribution in [-0.2, 0) is 15.8 Å². The summed E-state index contributed by atoms with van der Waals surface area (Å²) < 4.78 is 47.3. The van der Waals surface area contributed by atoms with Crippen molar-refractivity contribution in [2.24, 2.45) is 0 Å². The molecule has 1 aliphatic rings. The first kappa shape index (κ1) is 24.0. The fourth-order valence-corrected chi connectivity index (χ4v) is 3.95. The zero-order valence-corrected chi connectivity index (χ0v) is 18.7. The fraction of sp³-hybridized carbons (Fsp3) is 0.250. The second-order valence-corrected chi connectivity index (χ2v) is 7.81. The van der Waals surface area contributed by atoms with Gasteiger partial charge in [0.2, 0.25) is 11.8 Å². The first-order chi connectivity index (χ1) is 16.8. The van der Waals surface area contributed by atoms with Gasteiger partial charge in [-0.2, -0.15) is 13.2 Å². The van der Waals surface area contributed by atoms with Crippen LogP contribution in [0.2, 0.25) is 0 Å². The van der Waals surface area contributed by atoms with Crippen molar-refractivity contribution >= 4 is 17.9 Å². The highest BCUT2D eigenvalue weighted by Gasteiger charge is 2.39. The first-order valence-electron chi connectivity index (χ1n) is 10.8. The smallest absolute Gasteiger partial charge is 0.416 e. The summed E-state index contributed by atoms with van der Waals surface area (Å²) in [5.74, 6) is -1.86. The number of ether oxygens (including phenoxy) is 1.